The van der Waals surface area contributed by atoms with Gasteiger partial charge in [-0.05, 0) is 79.9 Å². The SMILES string of the molecule is C.C=CC(=O)OCCCOc1c(F)cc(C2CCC(C3CCC(CCCCC)CC3)CC2)cc1F.[HH].[HH]. The predicted molar refractivity (Wildman–Crippen MR) is 143 cm³/mol. The van der Waals surface area contributed by atoms with Crippen molar-refractivity contribution in [1.29, 1.82) is 0 Å². The van der Waals surface area contributed by atoms with E-state index in [1.807, 2.05) is 0 Å². The molecule has 1 aromatic carbocycles. The van der Waals surface area contributed by atoms with E-state index in [-0.39, 0.29) is 35.2 Å². The molecule has 35 heavy (non-hydrogen) atoms. The van der Waals surface area contributed by atoms with Crippen LogP contribution in [0.15, 0.2) is 24.8 Å². The van der Waals surface area contributed by atoms with Crippen LogP contribution in [0.2, 0.25) is 0 Å². The van der Waals surface area contributed by atoms with E-state index in [2.05, 4.69) is 13.5 Å². The Morgan fingerprint density at radius 1 is 0.971 bits per heavy atom. The predicted octanol–water partition coefficient (Wildman–Crippen LogP) is 9.25. The lowest BCUT2D eigenvalue weighted by Crippen LogP contribution is -2.25. The monoisotopic (exact) mass is 496 g/mol. The molecule has 0 atom stereocenters. The Kier molecular flexibility index (Phi) is 12.8. The fourth-order valence-electron chi connectivity index (χ4n) is 5.97. The molecule has 2 fully saturated rings. The van der Waals surface area contributed by atoms with Crippen LogP contribution in [0.25, 0.3) is 0 Å². The zero-order valence-corrected chi connectivity index (χ0v) is 20.8. The van der Waals surface area contributed by atoms with E-state index in [4.69, 9.17) is 9.47 Å². The maximum atomic E-state index is 14.6. The fourth-order valence-corrected chi connectivity index (χ4v) is 5.97. The van der Waals surface area contributed by atoms with E-state index >= 15 is 0 Å². The van der Waals surface area contributed by atoms with Crippen LogP contribution >= 0.6 is 0 Å². The minimum Gasteiger partial charge on any atom is -0.487 e. The molecule has 0 bridgehead atoms. The average Bonchev–Trinajstić information content (AvgIpc) is 2.85. The Hall–Kier alpha value is -1.91. The molecule has 0 N–H and O–H groups in total. The van der Waals surface area contributed by atoms with Crippen molar-refractivity contribution in [1.82, 2.24) is 0 Å². The summed E-state index contributed by atoms with van der Waals surface area (Å²) in [6.45, 7) is 5.78. The number of benzene rings is 1. The first-order chi connectivity index (χ1) is 16.5. The van der Waals surface area contributed by atoms with Gasteiger partial charge in [-0.3, -0.25) is 0 Å². The Balaban J connectivity index is 0.00000432. The quantitative estimate of drug-likeness (QED) is 0.164. The minimum atomic E-state index is -0.651. The van der Waals surface area contributed by atoms with Crippen molar-refractivity contribution in [2.45, 2.75) is 104 Å². The van der Waals surface area contributed by atoms with Crippen molar-refractivity contribution in [3.05, 3.63) is 42.0 Å². The van der Waals surface area contributed by atoms with Gasteiger partial charge in [0.2, 0.25) is 0 Å². The largest absolute Gasteiger partial charge is 0.487 e. The van der Waals surface area contributed by atoms with Crippen LogP contribution in [-0.2, 0) is 9.53 Å². The second-order valence-electron chi connectivity index (χ2n) is 10.3. The third-order valence-corrected chi connectivity index (χ3v) is 7.98. The molecule has 1 aromatic rings. The van der Waals surface area contributed by atoms with Gasteiger partial charge < -0.3 is 9.47 Å². The van der Waals surface area contributed by atoms with Gasteiger partial charge in [-0.15, -0.1) is 0 Å². The van der Waals surface area contributed by atoms with E-state index in [1.54, 1.807) is 0 Å². The summed E-state index contributed by atoms with van der Waals surface area (Å²) in [6, 6.07) is 2.89. The third kappa shape index (κ3) is 8.91. The van der Waals surface area contributed by atoms with Gasteiger partial charge in [0.15, 0.2) is 17.4 Å². The maximum Gasteiger partial charge on any atom is 0.330 e. The van der Waals surface area contributed by atoms with Crippen LogP contribution in [0.4, 0.5) is 8.78 Å². The highest BCUT2D eigenvalue weighted by Gasteiger charge is 2.31. The molecule has 2 aliphatic carbocycles. The van der Waals surface area contributed by atoms with Gasteiger partial charge in [0, 0.05) is 15.4 Å². The van der Waals surface area contributed by atoms with Crippen molar-refractivity contribution in [3.63, 3.8) is 0 Å². The van der Waals surface area contributed by atoms with E-state index in [0.29, 0.717) is 6.42 Å². The average molecular weight is 497 g/mol. The maximum absolute atomic E-state index is 14.6. The van der Waals surface area contributed by atoms with Gasteiger partial charge in [0.1, 0.15) is 0 Å². The molecule has 2 aliphatic rings. The molecule has 0 unspecified atom stereocenters. The lowest BCUT2D eigenvalue weighted by Gasteiger charge is -2.38. The van der Waals surface area contributed by atoms with Crippen LogP contribution in [0, 0.1) is 29.4 Å². The molecule has 0 aliphatic heterocycles. The number of unbranched alkanes of at least 4 members (excludes halogenated alkanes) is 2. The number of esters is 1. The molecule has 3 rings (SSSR count). The zero-order valence-electron chi connectivity index (χ0n) is 20.8. The molecule has 2 saturated carbocycles. The van der Waals surface area contributed by atoms with Crippen LogP contribution in [0.1, 0.15) is 112 Å². The first-order valence-corrected chi connectivity index (χ1v) is 13.4. The molecule has 0 spiro atoms. The molecular formula is C30H50F2O3. The van der Waals surface area contributed by atoms with Crippen LogP contribution < -0.4 is 4.74 Å². The number of ether oxygens (including phenoxy) is 2. The van der Waals surface area contributed by atoms with Crippen molar-refractivity contribution in [2.24, 2.45) is 17.8 Å². The van der Waals surface area contributed by atoms with E-state index in [9.17, 15) is 13.6 Å². The molecule has 0 saturated heterocycles. The second kappa shape index (κ2) is 15.3. The number of halogens is 2. The first kappa shape index (κ1) is 29.3. The summed E-state index contributed by atoms with van der Waals surface area (Å²) in [5.41, 5.74) is 0.750. The van der Waals surface area contributed by atoms with E-state index < -0.39 is 17.6 Å². The Morgan fingerprint density at radius 2 is 1.57 bits per heavy atom. The third-order valence-electron chi connectivity index (χ3n) is 7.98. The lowest BCUT2D eigenvalue weighted by molar-refractivity contribution is -0.137. The topological polar surface area (TPSA) is 35.5 Å². The van der Waals surface area contributed by atoms with Crippen LogP contribution in [0.5, 0.6) is 5.75 Å². The first-order valence-electron chi connectivity index (χ1n) is 13.4. The van der Waals surface area contributed by atoms with Gasteiger partial charge >= 0.3 is 5.97 Å². The number of carbonyl (C=O) groups is 1. The minimum absolute atomic E-state index is 0. The van der Waals surface area contributed by atoms with Crippen molar-refractivity contribution in [2.75, 3.05) is 13.2 Å². The summed E-state index contributed by atoms with van der Waals surface area (Å²) < 4.78 is 39.4. The van der Waals surface area contributed by atoms with Gasteiger partial charge in [-0.1, -0.05) is 59.5 Å². The fraction of sp³-hybridized carbons (Fsp3) is 0.700. The highest BCUT2D eigenvalue weighted by Crippen LogP contribution is 2.45. The number of hydrogen-bond acceptors (Lipinski definition) is 3. The Bertz CT molecular complexity index is 766. The van der Waals surface area contributed by atoms with Gasteiger partial charge in [0.05, 0.1) is 13.2 Å². The second-order valence-corrected chi connectivity index (χ2v) is 10.3. The van der Waals surface area contributed by atoms with Gasteiger partial charge in [-0.2, -0.15) is 0 Å². The summed E-state index contributed by atoms with van der Waals surface area (Å²) >= 11 is 0. The van der Waals surface area contributed by atoms with Crippen LogP contribution in [-0.4, -0.2) is 19.2 Å². The molecule has 3 nitrogen and oxygen atoms in total. The smallest absolute Gasteiger partial charge is 0.330 e. The highest BCUT2D eigenvalue weighted by molar-refractivity contribution is 5.81. The van der Waals surface area contributed by atoms with Crippen molar-refractivity contribution >= 4 is 5.97 Å². The van der Waals surface area contributed by atoms with Gasteiger partial charge in [0.25, 0.3) is 0 Å². The number of rotatable bonds is 12. The van der Waals surface area contributed by atoms with Crippen molar-refractivity contribution < 1.29 is 25.9 Å². The summed E-state index contributed by atoms with van der Waals surface area (Å²) in [4.78, 5) is 11.0. The summed E-state index contributed by atoms with van der Waals surface area (Å²) in [7, 11) is 0. The van der Waals surface area contributed by atoms with Crippen molar-refractivity contribution in [3.8, 4) is 5.75 Å². The molecule has 0 heterocycles. The van der Waals surface area contributed by atoms with E-state index in [1.165, 1.54) is 76.3 Å². The normalized spacial score (nSPS) is 24.3. The molecule has 0 radical (unpaired) electrons. The Labute approximate surface area is 214 Å². The van der Waals surface area contributed by atoms with E-state index in [0.717, 1.165) is 42.2 Å². The summed E-state index contributed by atoms with van der Waals surface area (Å²) in [5.74, 6) is 0.614. The number of carbonyl (C=O) groups excluding carboxylic acids is 1. The molecule has 202 valence electrons. The van der Waals surface area contributed by atoms with Crippen LogP contribution in [0.3, 0.4) is 0 Å². The summed E-state index contributed by atoms with van der Waals surface area (Å²) in [6.07, 6.45) is 16.8. The summed E-state index contributed by atoms with van der Waals surface area (Å²) in [5, 5.41) is 0. The molecule has 5 heteroatoms. The highest BCUT2D eigenvalue weighted by atomic mass is 19.1. The lowest BCUT2D eigenvalue weighted by atomic mass is 9.68. The number of hydrogen-bond donors (Lipinski definition) is 0. The van der Waals surface area contributed by atoms with Gasteiger partial charge in [-0.25, -0.2) is 13.6 Å². The molecular weight excluding hydrogens is 446 g/mol. The zero-order chi connectivity index (χ0) is 24.3. The standard InChI is InChI=1S/C29H42F2O3.CH4.2H2/c1-3-5-6-8-21-9-11-22(12-10-21)23-13-15-24(16-14-23)25-19-26(30)29(27(31)20-25)34-18-7-17-33-28(32)4-2;;;/h4,19-24H,2-3,5-18H2,1H3;1H4;2*1H. The molecule has 0 aromatic heterocycles. The molecule has 0 amide bonds. The Morgan fingerprint density at radius 3 is 2.14 bits per heavy atom.